The topological polar surface area (TPSA) is 58.6 Å². The molecular weight excluding hydrogens is 304 g/mol. The summed E-state index contributed by atoms with van der Waals surface area (Å²) in [6.45, 7) is 4.24. The van der Waals surface area contributed by atoms with E-state index in [1.807, 2.05) is 55.5 Å². The van der Waals surface area contributed by atoms with Crippen molar-refractivity contribution >= 4 is 17.5 Å². The molecule has 3 rings (SSSR count). The Kier molecular flexibility index (Phi) is 4.51. The molecule has 0 aliphatic carbocycles. The second-order valence-corrected chi connectivity index (χ2v) is 5.85. The number of rotatable bonds is 5. The largest absolute Gasteiger partial charge is 0.492 e. The van der Waals surface area contributed by atoms with Crippen LogP contribution in [0.4, 0.5) is 5.69 Å². The van der Waals surface area contributed by atoms with Gasteiger partial charge in [-0.05, 0) is 30.7 Å². The lowest BCUT2D eigenvalue weighted by molar-refractivity contribution is -0.126. The van der Waals surface area contributed by atoms with Gasteiger partial charge in [-0.15, -0.1) is 0 Å². The number of hydrogen-bond donors (Lipinski definition) is 1. The highest BCUT2D eigenvalue weighted by Gasteiger charge is 2.37. The number of amides is 2. The first-order chi connectivity index (χ1) is 11.6. The number of aryl methyl sites for hydroxylation is 1. The minimum Gasteiger partial charge on any atom is -0.492 e. The van der Waals surface area contributed by atoms with Crippen LogP contribution in [0.5, 0.6) is 5.75 Å². The maximum Gasteiger partial charge on any atom is 0.254 e. The van der Waals surface area contributed by atoms with Crippen molar-refractivity contribution < 1.29 is 14.3 Å². The van der Waals surface area contributed by atoms with E-state index in [2.05, 4.69) is 5.32 Å². The van der Waals surface area contributed by atoms with E-state index in [0.29, 0.717) is 13.2 Å². The van der Waals surface area contributed by atoms with Gasteiger partial charge in [-0.3, -0.25) is 9.59 Å². The summed E-state index contributed by atoms with van der Waals surface area (Å²) >= 11 is 0. The van der Waals surface area contributed by atoms with Crippen LogP contribution < -0.4 is 15.0 Å². The molecule has 5 heteroatoms. The standard InChI is InChI=1S/C19H20N2O3/c1-13-6-5-7-15(12-13)24-11-10-21-17-9-4-3-8-16(17)18(19(21)23)20-14(2)22/h3-9,12,18H,10-11H2,1-2H3,(H,20,22). The molecule has 0 radical (unpaired) electrons. The van der Waals surface area contributed by atoms with Gasteiger partial charge in [-0.2, -0.15) is 0 Å². The predicted molar refractivity (Wildman–Crippen MR) is 92.0 cm³/mol. The van der Waals surface area contributed by atoms with Crippen LogP contribution in [0, 0.1) is 6.92 Å². The summed E-state index contributed by atoms with van der Waals surface area (Å²) in [5, 5.41) is 2.72. The van der Waals surface area contributed by atoms with Crippen molar-refractivity contribution in [2.75, 3.05) is 18.1 Å². The normalized spacial score (nSPS) is 16.0. The minimum absolute atomic E-state index is 0.126. The van der Waals surface area contributed by atoms with Gasteiger partial charge in [0.05, 0.1) is 6.54 Å². The Bertz CT molecular complexity index is 773. The number of nitrogens with one attached hydrogen (secondary N) is 1. The average Bonchev–Trinajstić information content (AvgIpc) is 2.80. The van der Waals surface area contributed by atoms with Crippen LogP contribution in [0.2, 0.25) is 0 Å². The molecule has 24 heavy (non-hydrogen) atoms. The van der Waals surface area contributed by atoms with Crippen LogP contribution in [-0.4, -0.2) is 25.0 Å². The number of fused-ring (bicyclic) bond motifs is 1. The third-order valence-corrected chi connectivity index (χ3v) is 3.97. The quantitative estimate of drug-likeness (QED) is 0.920. The lowest BCUT2D eigenvalue weighted by Crippen LogP contribution is -2.38. The summed E-state index contributed by atoms with van der Waals surface area (Å²) in [5.41, 5.74) is 2.78. The maximum absolute atomic E-state index is 12.7. The van der Waals surface area contributed by atoms with Crippen molar-refractivity contribution in [3.05, 3.63) is 59.7 Å². The van der Waals surface area contributed by atoms with Crippen LogP contribution in [0.3, 0.4) is 0 Å². The minimum atomic E-state index is -0.613. The summed E-state index contributed by atoms with van der Waals surface area (Å²) in [6.07, 6.45) is 0. The van der Waals surface area contributed by atoms with Gasteiger partial charge < -0.3 is 15.0 Å². The highest BCUT2D eigenvalue weighted by molar-refractivity contribution is 6.06. The van der Waals surface area contributed by atoms with E-state index in [0.717, 1.165) is 22.6 Å². The molecule has 0 spiro atoms. The number of hydrogen-bond acceptors (Lipinski definition) is 3. The molecule has 1 atom stereocenters. The Balaban J connectivity index is 1.71. The van der Waals surface area contributed by atoms with E-state index in [1.54, 1.807) is 4.90 Å². The van der Waals surface area contributed by atoms with E-state index in [1.165, 1.54) is 6.92 Å². The van der Waals surface area contributed by atoms with Crippen molar-refractivity contribution in [1.29, 1.82) is 0 Å². The molecule has 5 nitrogen and oxygen atoms in total. The number of ether oxygens (including phenoxy) is 1. The van der Waals surface area contributed by atoms with E-state index >= 15 is 0 Å². The van der Waals surface area contributed by atoms with Crippen molar-refractivity contribution in [2.45, 2.75) is 19.9 Å². The van der Waals surface area contributed by atoms with E-state index in [4.69, 9.17) is 4.74 Å². The van der Waals surface area contributed by atoms with E-state index in [9.17, 15) is 9.59 Å². The third kappa shape index (κ3) is 3.25. The number of anilines is 1. The Hall–Kier alpha value is -2.82. The first-order valence-electron chi connectivity index (χ1n) is 7.93. The van der Waals surface area contributed by atoms with Gasteiger partial charge in [0, 0.05) is 18.2 Å². The molecule has 1 aliphatic heterocycles. The molecule has 0 saturated heterocycles. The summed E-state index contributed by atoms with van der Waals surface area (Å²) in [5.74, 6) is 0.439. The lowest BCUT2D eigenvalue weighted by atomic mass is 10.1. The predicted octanol–water partition coefficient (Wildman–Crippen LogP) is 2.60. The molecule has 124 valence electrons. The zero-order chi connectivity index (χ0) is 17.1. The molecule has 0 fully saturated rings. The Morgan fingerprint density at radius 1 is 1.21 bits per heavy atom. The van der Waals surface area contributed by atoms with Crippen molar-refractivity contribution in [1.82, 2.24) is 5.32 Å². The van der Waals surface area contributed by atoms with Crippen molar-refractivity contribution in [2.24, 2.45) is 0 Å². The molecule has 0 bridgehead atoms. The maximum atomic E-state index is 12.7. The van der Waals surface area contributed by atoms with Gasteiger partial charge in [0.25, 0.3) is 5.91 Å². The van der Waals surface area contributed by atoms with E-state index < -0.39 is 6.04 Å². The van der Waals surface area contributed by atoms with Crippen LogP contribution in [0.15, 0.2) is 48.5 Å². The van der Waals surface area contributed by atoms with E-state index in [-0.39, 0.29) is 11.8 Å². The van der Waals surface area contributed by atoms with Crippen LogP contribution in [0.25, 0.3) is 0 Å². The fourth-order valence-electron chi connectivity index (χ4n) is 2.92. The smallest absolute Gasteiger partial charge is 0.254 e. The second-order valence-electron chi connectivity index (χ2n) is 5.85. The van der Waals surface area contributed by atoms with Gasteiger partial charge in [0.15, 0.2) is 0 Å². The first kappa shape index (κ1) is 16.1. The average molecular weight is 324 g/mol. The Labute approximate surface area is 141 Å². The number of carbonyl (C=O) groups excluding carboxylic acids is 2. The number of benzene rings is 2. The van der Waals surface area contributed by atoms with Crippen LogP contribution in [0.1, 0.15) is 24.1 Å². The Morgan fingerprint density at radius 3 is 2.75 bits per heavy atom. The van der Waals surface area contributed by atoms with Crippen LogP contribution in [-0.2, 0) is 9.59 Å². The van der Waals surface area contributed by atoms with Gasteiger partial charge in [0.2, 0.25) is 5.91 Å². The van der Waals surface area contributed by atoms with Gasteiger partial charge in [-0.25, -0.2) is 0 Å². The number of para-hydroxylation sites is 1. The zero-order valence-corrected chi connectivity index (χ0v) is 13.8. The van der Waals surface area contributed by atoms with Crippen LogP contribution >= 0.6 is 0 Å². The monoisotopic (exact) mass is 324 g/mol. The number of nitrogens with zero attached hydrogens (tertiary/aromatic N) is 1. The molecular formula is C19H20N2O3. The molecule has 1 unspecified atom stereocenters. The highest BCUT2D eigenvalue weighted by atomic mass is 16.5. The highest BCUT2D eigenvalue weighted by Crippen LogP contribution is 2.35. The van der Waals surface area contributed by atoms with Crippen molar-refractivity contribution in [3.8, 4) is 5.75 Å². The fraction of sp³-hybridized carbons (Fsp3) is 0.263. The molecule has 2 aromatic rings. The fourth-order valence-corrected chi connectivity index (χ4v) is 2.92. The summed E-state index contributed by atoms with van der Waals surface area (Å²) in [4.78, 5) is 25.7. The molecule has 1 aliphatic rings. The molecule has 0 saturated carbocycles. The number of carbonyl (C=O) groups is 2. The van der Waals surface area contributed by atoms with Gasteiger partial charge >= 0.3 is 0 Å². The summed E-state index contributed by atoms with van der Waals surface area (Å²) in [6, 6.07) is 14.7. The van der Waals surface area contributed by atoms with Gasteiger partial charge in [-0.1, -0.05) is 30.3 Å². The molecule has 0 aromatic heterocycles. The molecule has 2 amide bonds. The summed E-state index contributed by atoms with van der Waals surface area (Å²) in [7, 11) is 0. The zero-order valence-electron chi connectivity index (χ0n) is 13.8. The molecule has 1 N–H and O–H groups in total. The Morgan fingerprint density at radius 2 is 2.00 bits per heavy atom. The second kappa shape index (κ2) is 6.74. The lowest BCUT2D eigenvalue weighted by Gasteiger charge is -2.18. The molecule has 1 heterocycles. The SMILES string of the molecule is CC(=O)NC1C(=O)N(CCOc2cccc(C)c2)c2ccccc21. The van der Waals surface area contributed by atoms with Crippen molar-refractivity contribution in [3.63, 3.8) is 0 Å². The first-order valence-corrected chi connectivity index (χ1v) is 7.93. The third-order valence-electron chi connectivity index (χ3n) is 3.97. The summed E-state index contributed by atoms with van der Waals surface area (Å²) < 4.78 is 5.75. The molecule has 2 aromatic carbocycles. The van der Waals surface area contributed by atoms with Gasteiger partial charge in [0.1, 0.15) is 18.4 Å².